The van der Waals surface area contributed by atoms with Crippen molar-refractivity contribution in [2.45, 2.75) is 45.4 Å². The first kappa shape index (κ1) is 19.3. The lowest BCUT2D eigenvalue weighted by Gasteiger charge is -2.28. The van der Waals surface area contributed by atoms with Crippen LogP contribution >= 0.6 is 0 Å². The molecule has 0 spiro atoms. The summed E-state index contributed by atoms with van der Waals surface area (Å²) in [7, 11) is 0. The van der Waals surface area contributed by atoms with E-state index in [-0.39, 0.29) is 17.9 Å². The number of rotatable bonds is 5. The van der Waals surface area contributed by atoms with E-state index in [1.165, 1.54) is 30.5 Å². The summed E-state index contributed by atoms with van der Waals surface area (Å²) in [5.74, 6) is 0.569. The average molecular weight is 367 g/mol. The number of hydrogen-bond donors (Lipinski definition) is 1. The van der Waals surface area contributed by atoms with Gasteiger partial charge in [-0.25, -0.2) is 0 Å². The van der Waals surface area contributed by atoms with Crippen LogP contribution in [0.1, 0.15) is 45.6 Å². The van der Waals surface area contributed by atoms with Crippen LogP contribution in [0.2, 0.25) is 0 Å². The van der Waals surface area contributed by atoms with Gasteiger partial charge in [0.2, 0.25) is 0 Å². The van der Waals surface area contributed by atoms with Gasteiger partial charge >= 0.3 is 0 Å². The summed E-state index contributed by atoms with van der Waals surface area (Å²) in [4.78, 5) is 14.6. The minimum atomic E-state index is -0.151. The molecule has 2 aromatic carbocycles. The molecule has 4 nitrogen and oxygen atoms in total. The van der Waals surface area contributed by atoms with E-state index in [4.69, 9.17) is 4.74 Å². The third-order valence-electron chi connectivity index (χ3n) is 4.94. The largest absolute Gasteiger partial charge is 0.484 e. The van der Waals surface area contributed by atoms with E-state index in [0.717, 1.165) is 24.5 Å². The van der Waals surface area contributed by atoms with Crippen LogP contribution in [-0.2, 0) is 10.2 Å². The van der Waals surface area contributed by atoms with Gasteiger partial charge in [0.1, 0.15) is 5.75 Å². The fraction of sp³-hybridized carbons (Fsp3) is 0.435. The highest BCUT2D eigenvalue weighted by Gasteiger charge is 2.14. The molecule has 4 heteroatoms. The van der Waals surface area contributed by atoms with Crippen molar-refractivity contribution in [3.63, 3.8) is 0 Å². The zero-order chi connectivity index (χ0) is 19.3. The summed E-state index contributed by atoms with van der Waals surface area (Å²) in [6.45, 7) is 8.72. The minimum Gasteiger partial charge on any atom is -0.484 e. The van der Waals surface area contributed by atoms with E-state index in [1.807, 2.05) is 30.3 Å². The van der Waals surface area contributed by atoms with Gasteiger partial charge in [-0.15, -0.1) is 0 Å². The Bertz CT molecular complexity index is 757. The van der Waals surface area contributed by atoms with Gasteiger partial charge in [-0.1, -0.05) is 32.9 Å². The summed E-state index contributed by atoms with van der Waals surface area (Å²) >= 11 is 0. The Hall–Kier alpha value is -2.49. The van der Waals surface area contributed by atoms with E-state index in [2.05, 4.69) is 49.2 Å². The van der Waals surface area contributed by atoms with E-state index in [0.29, 0.717) is 0 Å². The van der Waals surface area contributed by atoms with Crippen molar-refractivity contribution in [1.29, 1.82) is 0 Å². The monoisotopic (exact) mass is 366 g/mol. The second-order valence-corrected chi connectivity index (χ2v) is 8.21. The molecule has 1 aliphatic rings. The normalized spacial score (nSPS) is 14.7. The molecule has 27 heavy (non-hydrogen) atoms. The van der Waals surface area contributed by atoms with Crippen LogP contribution in [-0.4, -0.2) is 25.6 Å². The van der Waals surface area contributed by atoms with Gasteiger partial charge in [0.05, 0.1) is 0 Å². The van der Waals surface area contributed by atoms with Crippen LogP contribution in [0.5, 0.6) is 5.75 Å². The standard InChI is InChI=1S/C23H30N2O2/c1-23(2,3)18-8-7-9-21(16-18)27-17-22(26)24-19-10-12-20(13-11-19)25-14-5-4-6-15-25/h7-13,16H,4-6,14-15,17H2,1-3H3,(H,24,26). The predicted molar refractivity (Wildman–Crippen MR) is 112 cm³/mol. The zero-order valence-corrected chi connectivity index (χ0v) is 16.6. The third kappa shape index (κ3) is 5.49. The molecule has 0 aliphatic carbocycles. The van der Waals surface area contributed by atoms with Crippen molar-refractivity contribution in [1.82, 2.24) is 0 Å². The number of carbonyl (C=O) groups is 1. The van der Waals surface area contributed by atoms with Crippen LogP contribution in [0.3, 0.4) is 0 Å². The maximum absolute atomic E-state index is 12.2. The number of nitrogens with zero attached hydrogens (tertiary/aromatic N) is 1. The lowest BCUT2D eigenvalue weighted by molar-refractivity contribution is -0.118. The number of carbonyl (C=O) groups excluding carboxylic acids is 1. The minimum absolute atomic E-state index is 0.00146. The Balaban J connectivity index is 1.52. The first-order valence-electron chi connectivity index (χ1n) is 9.80. The fourth-order valence-corrected chi connectivity index (χ4v) is 3.31. The van der Waals surface area contributed by atoms with Crippen LogP contribution in [0.25, 0.3) is 0 Å². The first-order valence-corrected chi connectivity index (χ1v) is 9.80. The second kappa shape index (κ2) is 8.47. The SMILES string of the molecule is CC(C)(C)c1cccc(OCC(=O)Nc2ccc(N3CCCCC3)cc2)c1. The fourth-order valence-electron chi connectivity index (χ4n) is 3.31. The van der Waals surface area contributed by atoms with Gasteiger partial charge in [0.15, 0.2) is 6.61 Å². The Morgan fingerprint density at radius 2 is 1.74 bits per heavy atom. The Morgan fingerprint density at radius 3 is 2.41 bits per heavy atom. The number of amides is 1. The maximum atomic E-state index is 12.2. The van der Waals surface area contributed by atoms with Gasteiger partial charge < -0.3 is 15.0 Å². The summed E-state index contributed by atoms with van der Waals surface area (Å²) in [6.07, 6.45) is 3.84. The predicted octanol–water partition coefficient (Wildman–Crippen LogP) is 4.99. The van der Waals surface area contributed by atoms with Gasteiger partial charge in [-0.2, -0.15) is 0 Å². The molecule has 0 aromatic heterocycles. The third-order valence-corrected chi connectivity index (χ3v) is 4.94. The number of benzene rings is 2. The van der Waals surface area contributed by atoms with Crippen molar-refractivity contribution < 1.29 is 9.53 Å². The number of nitrogens with one attached hydrogen (secondary N) is 1. The Kier molecular flexibility index (Phi) is 6.04. The number of piperidine rings is 1. The van der Waals surface area contributed by atoms with E-state index >= 15 is 0 Å². The van der Waals surface area contributed by atoms with Crippen LogP contribution in [0.15, 0.2) is 48.5 Å². The first-order chi connectivity index (χ1) is 12.9. The molecule has 1 aliphatic heterocycles. The highest BCUT2D eigenvalue weighted by atomic mass is 16.5. The average Bonchev–Trinajstić information content (AvgIpc) is 2.67. The van der Waals surface area contributed by atoms with Crippen LogP contribution in [0, 0.1) is 0 Å². The highest BCUT2D eigenvalue weighted by Crippen LogP contribution is 2.26. The molecule has 1 heterocycles. The molecule has 0 radical (unpaired) electrons. The molecule has 1 N–H and O–H groups in total. The summed E-state index contributed by atoms with van der Waals surface area (Å²) in [5, 5.41) is 2.90. The van der Waals surface area contributed by atoms with Crippen molar-refractivity contribution in [3.05, 3.63) is 54.1 Å². The van der Waals surface area contributed by atoms with Gasteiger partial charge in [-0.05, 0) is 66.6 Å². The smallest absolute Gasteiger partial charge is 0.262 e. The molecule has 1 saturated heterocycles. The quantitative estimate of drug-likeness (QED) is 0.810. The molecule has 1 amide bonds. The van der Waals surface area contributed by atoms with Crippen LogP contribution in [0.4, 0.5) is 11.4 Å². The van der Waals surface area contributed by atoms with E-state index < -0.39 is 0 Å². The zero-order valence-electron chi connectivity index (χ0n) is 16.6. The topological polar surface area (TPSA) is 41.6 Å². The molecule has 3 rings (SSSR count). The van der Waals surface area contributed by atoms with Crippen molar-refractivity contribution in [3.8, 4) is 5.75 Å². The van der Waals surface area contributed by atoms with Gasteiger partial charge in [-0.3, -0.25) is 4.79 Å². The van der Waals surface area contributed by atoms with Gasteiger partial charge in [0, 0.05) is 24.5 Å². The van der Waals surface area contributed by atoms with Crippen LogP contribution < -0.4 is 15.0 Å². The summed E-state index contributed by atoms with van der Waals surface area (Å²) in [6, 6.07) is 16.0. The molecule has 144 valence electrons. The molecule has 0 atom stereocenters. The lowest BCUT2D eigenvalue weighted by atomic mass is 9.87. The molecule has 2 aromatic rings. The van der Waals surface area contributed by atoms with E-state index in [9.17, 15) is 4.79 Å². The maximum Gasteiger partial charge on any atom is 0.262 e. The molecular weight excluding hydrogens is 336 g/mol. The Labute approximate surface area is 162 Å². The summed E-state index contributed by atoms with van der Waals surface area (Å²) < 4.78 is 5.67. The van der Waals surface area contributed by atoms with Gasteiger partial charge in [0.25, 0.3) is 5.91 Å². The summed E-state index contributed by atoms with van der Waals surface area (Å²) in [5.41, 5.74) is 3.27. The molecule has 1 fully saturated rings. The molecule has 0 bridgehead atoms. The Morgan fingerprint density at radius 1 is 1.04 bits per heavy atom. The van der Waals surface area contributed by atoms with E-state index in [1.54, 1.807) is 0 Å². The highest BCUT2D eigenvalue weighted by molar-refractivity contribution is 5.92. The second-order valence-electron chi connectivity index (χ2n) is 8.21. The number of anilines is 2. The van der Waals surface area contributed by atoms with Crippen molar-refractivity contribution in [2.75, 3.05) is 29.9 Å². The molecule has 0 unspecified atom stereocenters. The lowest BCUT2D eigenvalue weighted by Crippen LogP contribution is -2.29. The number of ether oxygens (including phenoxy) is 1. The number of hydrogen-bond acceptors (Lipinski definition) is 3. The van der Waals surface area contributed by atoms with Crippen molar-refractivity contribution in [2.24, 2.45) is 0 Å². The molecular formula is C23H30N2O2. The van der Waals surface area contributed by atoms with Crippen molar-refractivity contribution >= 4 is 17.3 Å². The molecule has 0 saturated carbocycles.